The average molecular weight is 257 g/mol. The predicted molar refractivity (Wildman–Crippen MR) is 63.1 cm³/mol. The molecule has 0 spiro atoms. The van der Waals surface area contributed by atoms with Gasteiger partial charge in [-0.05, 0) is 24.4 Å². The maximum absolute atomic E-state index is 11.8. The Bertz CT molecular complexity index is 405. The molecule has 0 aliphatic heterocycles. The lowest BCUT2D eigenvalue weighted by Crippen LogP contribution is -2.40. The molecule has 0 aromatic carbocycles. The van der Waals surface area contributed by atoms with Gasteiger partial charge < -0.3 is 10.4 Å². The molecular formula is C10H15N3O3S. The van der Waals surface area contributed by atoms with Crippen LogP contribution in [0.4, 0.5) is 0 Å². The van der Waals surface area contributed by atoms with Gasteiger partial charge in [-0.25, -0.2) is 4.79 Å². The number of amides is 1. The van der Waals surface area contributed by atoms with Crippen LogP contribution in [0.25, 0.3) is 0 Å². The van der Waals surface area contributed by atoms with Crippen molar-refractivity contribution in [2.75, 3.05) is 0 Å². The van der Waals surface area contributed by atoms with Gasteiger partial charge in [0.1, 0.15) is 10.9 Å². The first-order chi connectivity index (χ1) is 8.10. The molecule has 0 aliphatic carbocycles. The minimum atomic E-state index is -1.02. The van der Waals surface area contributed by atoms with Crippen LogP contribution in [-0.2, 0) is 11.2 Å². The third-order valence-electron chi connectivity index (χ3n) is 2.28. The monoisotopic (exact) mass is 257 g/mol. The van der Waals surface area contributed by atoms with Crippen LogP contribution in [0, 0.1) is 0 Å². The highest BCUT2D eigenvalue weighted by atomic mass is 32.1. The van der Waals surface area contributed by atoms with Crippen LogP contribution in [0.3, 0.4) is 0 Å². The zero-order valence-corrected chi connectivity index (χ0v) is 10.6. The number of rotatable bonds is 6. The van der Waals surface area contributed by atoms with E-state index in [2.05, 4.69) is 14.9 Å². The summed E-state index contributed by atoms with van der Waals surface area (Å²) in [5, 5.41) is 15.2. The first-order valence-electron chi connectivity index (χ1n) is 5.45. The SMILES string of the molecule is CCC[C@@H](NC(=O)c1snnc1CC)C(=O)O. The third kappa shape index (κ3) is 3.48. The molecule has 6 nitrogen and oxygen atoms in total. The van der Waals surface area contributed by atoms with Crippen LogP contribution >= 0.6 is 11.5 Å². The quantitative estimate of drug-likeness (QED) is 0.795. The molecule has 0 saturated carbocycles. The molecule has 1 heterocycles. The average Bonchev–Trinajstić information content (AvgIpc) is 2.76. The van der Waals surface area contributed by atoms with Crippen LogP contribution in [0.2, 0.25) is 0 Å². The van der Waals surface area contributed by atoms with E-state index in [4.69, 9.17) is 5.11 Å². The number of aryl methyl sites for hydroxylation is 1. The zero-order valence-electron chi connectivity index (χ0n) is 9.77. The Morgan fingerprint density at radius 2 is 2.18 bits per heavy atom. The normalized spacial score (nSPS) is 12.1. The summed E-state index contributed by atoms with van der Waals surface area (Å²) in [5.74, 6) is -1.42. The van der Waals surface area contributed by atoms with E-state index < -0.39 is 17.9 Å². The molecule has 0 unspecified atom stereocenters. The highest BCUT2D eigenvalue weighted by molar-refractivity contribution is 7.08. The molecule has 0 saturated heterocycles. The molecular weight excluding hydrogens is 242 g/mol. The number of carbonyl (C=O) groups is 2. The Labute approximate surface area is 103 Å². The first kappa shape index (κ1) is 13.6. The van der Waals surface area contributed by atoms with E-state index >= 15 is 0 Å². The number of hydrogen-bond acceptors (Lipinski definition) is 5. The number of nitrogens with zero attached hydrogens (tertiary/aromatic N) is 2. The lowest BCUT2D eigenvalue weighted by Gasteiger charge is -2.12. The molecule has 1 rings (SSSR count). The van der Waals surface area contributed by atoms with Crippen LogP contribution in [0.15, 0.2) is 0 Å². The second-order valence-corrected chi connectivity index (χ2v) is 4.31. The number of carbonyl (C=O) groups excluding carboxylic acids is 1. The van der Waals surface area contributed by atoms with Crippen molar-refractivity contribution in [3.63, 3.8) is 0 Å². The Kier molecular flexibility index (Phi) is 5.02. The molecule has 94 valence electrons. The number of aliphatic carboxylic acids is 1. The standard InChI is InChI=1S/C10H15N3O3S/c1-3-5-7(10(15)16)11-9(14)8-6(4-2)12-13-17-8/h7H,3-5H2,1-2H3,(H,11,14)(H,15,16)/t7-/m1/s1. The Balaban J connectivity index is 2.73. The molecule has 1 amide bonds. The summed E-state index contributed by atoms with van der Waals surface area (Å²) in [6.07, 6.45) is 1.71. The van der Waals surface area contributed by atoms with Crippen molar-refractivity contribution < 1.29 is 14.7 Å². The van der Waals surface area contributed by atoms with Gasteiger partial charge >= 0.3 is 5.97 Å². The molecule has 7 heteroatoms. The molecule has 17 heavy (non-hydrogen) atoms. The number of aromatic nitrogens is 2. The molecule has 2 N–H and O–H groups in total. The van der Waals surface area contributed by atoms with Crippen LogP contribution < -0.4 is 5.32 Å². The van der Waals surface area contributed by atoms with Gasteiger partial charge in [-0.3, -0.25) is 4.79 Å². The van der Waals surface area contributed by atoms with E-state index in [1.165, 1.54) is 0 Å². The predicted octanol–water partition coefficient (Wildman–Crippen LogP) is 1.08. The summed E-state index contributed by atoms with van der Waals surface area (Å²) in [6, 6.07) is -0.848. The van der Waals surface area contributed by atoms with E-state index in [-0.39, 0.29) is 0 Å². The topological polar surface area (TPSA) is 92.2 Å². The largest absolute Gasteiger partial charge is 0.480 e. The van der Waals surface area contributed by atoms with Crippen molar-refractivity contribution >= 4 is 23.4 Å². The van der Waals surface area contributed by atoms with Gasteiger partial charge in [-0.15, -0.1) is 5.10 Å². The molecule has 1 aromatic heterocycles. The summed E-state index contributed by atoms with van der Waals surface area (Å²) in [5.41, 5.74) is 0.605. The summed E-state index contributed by atoms with van der Waals surface area (Å²) in [6.45, 7) is 3.74. The molecule has 0 radical (unpaired) electrons. The maximum atomic E-state index is 11.8. The van der Waals surface area contributed by atoms with Crippen molar-refractivity contribution in [1.82, 2.24) is 14.9 Å². The number of nitrogens with one attached hydrogen (secondary N) is 1. The highest BCUT2D eigenvalue weighted by Gasteiger charge is 2.22. The maximum Gasteiger partial charge on any atom is 0.326 e. The second kappa shape index (κ2) is 6.29. The van der Waals surface area contributed by atoms with Crippen LogP contribution in [-0.4, -0.2) is 32.6 Å². The fourth-order valence-corrected chi connectivity index (χ4v) is 2.04. The highest BCUT2D eigenvalue weighted by Crippen LogP contribution is 2.11. The van der Waals surface area contributed by atoms with Gasteiger partial charge in [-0.1, -0.05) is 24.8 Å². The van der Waals surface area contributed by atoms with Crippen molar-refractivity contribution in [3.05, 3.63) is 10.6 Å². The van der Waals surface area contributed by atoms with Gasteiger partial charge in [0.25, 0.3) is 5.91 Å². The minimum absolute atomic E-state index is 0.398. The molecule has 1 atom stereocenters. The van der Waals surface area contributed by atoms with Crippen LogP contribution in [0.5, 0.6) is 0 Å². The lowest BCUT2D eigenvalue weighted by molar-refractivity contribution is -0.139. The lowest BCUT2D eigenvalue weighted by atomic mass is 10.1. The first-order valence-corrected chi connectivity index (χ1v) is 6.22. The van der Waals surface area contributed by atoms with Crippen molar-refractivity contribution in [3.8, 4) is 0 Å². The van der Waals surface area contributed by atoms with Crippen LogP contribution in [0.1, 0.15) is 42.1 Å². The number of hydrogen-bond donors (Lipinski definition) is 2. The smallest absolute Gasteiger partial charge is 0.326 e. The van der Waals surface area contributed by atoms with Gasteiger partial charge in [-0.2, -0.15) is 0 Å². The van der Waals surface area contributed by atoms with Gasteiger partial charge in [0.2, 0.25) is 0 Å². The Morgan fingerprint density at radius 3 is 2.71 bits per heavy atom. The number of carboxylic acid groups (broad SMARTS) is 1. The summed E-state index contributed by atoms with van der Waals surface area (Å²) < 4.78 is 3.70. The van der Waals surface area contributed by atoms with E-state index in [1.807, 2.05) is 13.8 Å². The van der Waals surface area contributed by atoms with Gasteiger partial charge in [0.15, 0.2) is 0 Å². The van der Waals surface area contributed by atoms with Crippen molar-refractivity contribution in [2.24, 2.45) is 0 Å². The molecule has 0 fully saturated rings. The van der Waals surface area contributed by atoms with E-state index in [9.17, 15) is 9.59 Å². The van der Waals surface area contributed by atoms with E-state index in [0.717, 1.165) is 11.5 Å². The Morgan fingerprint density at radius 1 is 1.47 bits per heavy atom. The minimum Gasteiger partial charge on any atom is -0.480 e. The summed E-state index contributed by atoms with van der Waals surface area (Å²) >= 11 is 0.988. The second-order valence-electron chi connectivity index (χ2n) is 3.56. The Hall–Kier alpha value is -1.50. The molecule has 1 aromatic rings. The van der Waals surface area contributed by atoms with Crippen molar-refractivity contribution in [2.45, 2.75) is 39.2 Å². The fraction of sp³-hybridized carbons (Fsp3) is 0.600. The van der Waals surface area contributed by atoms with Gasteiger partial charge in [0.05, 0.1) is 5.69 Å². The zero-order chi connectivity index (χ0) is 12.8. The van der Waals surface area contributed by atoms with Gasteiger partial charge in [0, 0.05) is 0 Å². The fourth-order valence-electron chi connectivity index (χ4n) is 1.38. The van der Waals surface area contributed by atoms with E-state index in [0.29, 0.717) is 29.8 Å². The van der Waals surface area contributed by atoms with Crippen molar-refractivity contribution in [1.29, 1.82) is 0 Å². The molecule has 0 aliphatic rings. The summed E-state index contributed by atoms with van der Waals surface area (Å²) in [4.78, 5) is 23.1. The third-order valence-corrected chi connectivity index (χ3v) is 3.04. The summed E-state index contributed by atoms with van der Waals surface area (Å²) in [7, 11) is 0. The molecule has 0 bridgehead atoms. The number of carboxylic acids is 1. The van der Waals surface area contributed by atoms with E-state index in [1.54, 1.807) is 0 Å².